The molecule has 0 aliphatic rings. The van der Waals surface area contributed by atoms with Crippen molar-refractivity contribution in [3.8, 4) is 18.1 Å². The molecule has 0 fully saturated rings. The van der Waals surface area contributed by atoms with Crippen molar-refractivity contribution in [3.63, 3.8) is 0 Å². The standard InChI is InChI=1S/C19H22N2O3/c1-5-10-23-18-9-7-6-8-16(18)12-20-19(22)21-14(3)17-11-13(2)24-15(17)4/h1,6-9,11,14H,10,12H2,2-4H3,(H2,20,21,22). The summed E-state index contributed by atoms with van der Waals surface area (Å²) < 4.78 is 11.0. The number of benzene rings is 1. The van der Waals surface area contributed by atoms with Gasteiger partial charge in [-0.25, -0.2) is 4.79 Å². The Morgan fingerprint density at radius 3 is 2.79 bits per heavy atom. The second kappa shape index (κ2) is 8.11. The molecule has 1 aromatic carbocycles. The smallest absolute Gasteiger partial charge is 0.315 e. The molecule has 2 aromatic rings. The molecule has 1 heterocycles. The second-order valence-corrected chi connectivity index (χ2v) is 5.52. The lowest BCUT2D eigenvalue weighted by molar-refractivity contribution is 0.237. The quantitative estimate of drug-likeness (QED) is 0.799. The molecule has 0 spiro atoms. The summed E-state index contributed by atoms with van der Waals surface area (Å²) in [6, 6.07) is 9.00. The van der Waals surface area contributed by atoms with Gasteiger partial charge in [0.1, 0.15) is 23.9 Å². The van der Waals surface area contributed by atoms with Crippen molar-refractivity contribution in [2.45, 2.75) is 33.4 Å². The highest BCUT2D eigenvalue weighted by molar-refractivity contribution is 5.74. The summed E-state index contributed by atoms with van der Waals surface area (Å²) in [6.07, 6.45) is 5.21. The molecule has 2 N–H and O–H groups in total. The zero-order valence-electron chi connectivity index (χ0n) is 14.2. The molecule has 2 rings (SSSR count). The van der Waals surface area contributed by atoms with Crippen LogP contribution in [0.4, 0.5) is 4.79 Å². The summed E-state index contributed by atoms with van der Waals surface area (Å²) in [5.41, 5.74) is 1.84. The Kier molecular flexibility index (Phi) is 5.91. The maximum Gasteiger partial charge on any atom is 0.315 e. The van der Waals surface area contributed by atoms with E-state index in [4.69, 9.17) is 15.6 Å². The number of hydrogen-bond donors (Lipinski definition) is 2. The van der Waals surface area contributed by atoms with Gasteiger partial charge in [0, 0.05) is 17.7 Å². The van der Waals surface area contributed by atoms with Gasteiger partial charge < -0.3 is 19.8 Å². The summed E-state index contributed by atoms with van der Waals surface area (Å²) >= 11 is 0. The monoisotopic (exact) mass is 326 g/mol. The minimum absolute atomic E-state index is 0.143. The molecule has 0 saturated carbocycles. The van der Waals surface area contributed by atoms with Crippen LogP contribution in [0.5, 0.6) is 5.75 Å². The van der Waals surface area contributed by atoms with Gasteiger partial charge in [0.2, 0.25) is 0 Å². The van der Waals surface area contributed by atoms with Crippen LogP contribution in [-0.2, 0) is 6.54 Å². The van der Waals surface area contributed by atoms with Gasteiger partial charge >= 0.3 is 6.03 Å². The third kappa shape index (κ3) is 4.56. The van der Waals surface area contributed by atoms with E-state index in [0.717, 1.165) is 22.6 Å². The van der Waals surface area contributed by atoms with E-state index in [9.17, 15) is 4.79 Å². The van der Waals surface area contributed by atoms with Gasteiger partial charge in [0.25, 0.3) is 0 Å². The average molecular weight is 326 g/mol. The van der Waals surface area contributed by atoms with E-state index in [1.54, 1.807) is 0 Å². The van der Waals surface area contributed by atoms with Gasteiger partial charge in [-0.05, 0) is 32.9 Å². The molecule has 1 unspecified atom stereocenters. The summed E-state index contributed by atoms with van der Waals surface area (Å²) in [7, 11) is 0. The molecular weight excluding hydrogens is 304 g/mol. The molecule has 24 heavy (non-hydrogen) atoms. The Labute approximate surface area is 142 Å². The molecule has 126 valence electrons. The lowest BCUT2D eigenvalue weighted by atomic mass is 10.1. The minimum Gasteiger partial charge on any atom is -0.481 e. The number of terminal acetylenes is 1. The molecule has 1 aromatic heterocycles. The Bertz CT molecular complexity index is 743. The molecule has 0 radical (unpaired) electrons. The van der Waals surface area contributed by atoms with Gasteiger partial charge in [0.05, 0.1) is 6.04 Å². The number of nitrogens with one attached hydrogen (secondary N) is 2. The first-order chi connectivity index (χ1) is 11.5. The van der Waals surface area contributed by atoms with Gasteiger partial charge in [-0.3, -0.25) is 0 Å². The third-order valence-electron chi connectivity index (χ3n) is 3.62. The van der Waals surface area contributed by atoms with Crippen molar-refractivity contribution < 1.29 is 13.9 Å². The summed E-state index contributed by atoms with van der Waals surface area (Å²) in [4.78, 5) is 12.1. The molecule has 5 heteroatoms. The SMILES string of the molecule is C#CCOc1ccccc1CNC(=O)NC(C)c1cc(C)oc1C. The van der Waals surface area contributed by atoms with E-state index in [0.29, 0.717) is 12.3 Å². The maximum absolute atomic E-state index is 12.1. The predicted octanol–water partition coefficient (Wildman–Crippen LogP) is 3.47. The molecule has 0 aliphatic heterocycles. The van der Waals surface area contributed by atoms with Crippen molar-refractivity contribution in [3.05, 3.63) is 53.0 Å². The number of rotatable bonds is 6. The molecule has 1 atom stereocenters. The van der Waals surface area contributed by atoms with Crippen LogP contribution in [-0.4, -0.2) is 12.6 Å². The number of ether oxygens (including phenoxy) is 1. The topological polar surface area (TPSA) is 63.5 Å². The van der Waals surface area contributed by atoms with Crippen LogP contribution < -0.4 is 15.4 Å². The Morgan fingerprint density at radius 1 is 1.38 bits per heavy atom. The summed E-state index contributed by atoms with van der Waals surface area (Å²) in [6.45, 7) is 6.23. The van der Waals surface area contributed by atoms with Crippen LogP contribution in [0.1, 0.15) is 35.6 Å². The molecule has 0 aliphatic carbocycles. The number of furan rings is 1. The van der Waals surface area contributed by atoms with Gasteiger partial charge in [-0.15, -0.1) is 6.42 Å². The van der Waals surface area contributed by atoms with Crippen molar-refractivity contribution in [2.75, 3.05) is 6.61 Å². The zero-order valence-corrected chi connectivity index (χ0v) is 14.2. The Balaban J connectivity index is 1.92. The number of carbonyl (C=O) groups excluding carboxylic acids is 1. The van der Waals surface area contributed by atoms with Crippen molar-refractivity contribution in [1.82, 2.24) is 10.6 Å². The highest BCUT2D eigenvalue weighted by atomic mass is 16.5. The second-order valence-electron chi connectivity index (χ2n) is 5.52. The van der Waals surface area contributed by atoms with Crippen LogP contribution in [0, 0.1) is 26.2 Å². The number of amides is 2. The van der Waals surface area contributed by atoms with Crippen LogP contribution >= 0.6 is 0 Å². The van der Waals surface area contributed by atoms with Crippen LogP contribution in [0.3, 0.4) is 0 Å². The van der Waals surface area contributed by atoms with E-state index >= 15 is 0 Å². The number of hydrogen-bond acceptors (Lipinski definition) is 3. The van der Waals surface area contributed by atoms with Crippen LogP contribution in [0.15, 0.2) is 34.7 Å². The number of para-hydroxylation sites is 1. The first-order valence-corrected chi connectivity index (χ1v) is 7.76. The van der Waals surface area contributed by atoms with Crippen LogP contribution in [0.25, 0.3) is 0 Å². The fourth-order valence-electron chi connectivity index (χ4n) is 2.49. The Morgan fingerprint density at radius 2 is 2.12 bits per heavy atom. The lowest BCUT2D eigenvalue weighted by Crippen LogP contribution is -2.36. The minimum atomic E-state index is -0.257. The largest absolute Gasteiger partial charge is 0.481 e. The molecule has 0 saturated heterocycles. The maximum atomic E-state index is 12.1. The van der Waals surface area contributed by atoms with E-state index in [-0.39, 0.29) is 18.7 Å². The average Bonchev–Trinajstić information content (AvgIpc) is 2.90. The Hall–Kier alpha value is -2.87. The normalized spacial score (nSPS) is 11.4. The number of urea groups is 1. The van der Waals surface area contributed by atoms with Gasteiger partial charge in [-0.2, -0.15) is 0 Å². The third-order valence-corrected chi connectivity index (χ3v) is 3.62. The molecule has 0 bridgehead atoms. The van der Waals surface area contributed by atoms with E-state index in [1.165, 1.54) is 0 Å². The van der Waals surface area contributed by atoms with E-state index in [1.807, 2.05) is 51.1 Å². The highest BCUT2D eigenvalue weighted by Gasteiger charge is 2.15. The summed E-state index contributed by atoms with van der Waals surface area (Å²) in [5, 5.41) is 5.73. The van der Waals surface area contributed by atoms with Crippen molar-refractivity contribution in [1.29, 1.82) is 0 Å². The zero-order chi connectivity index (χ0) is 17.5. The number of carbonyl (C=O) groups is 1. The molecule has 5 nitrogen and oxygen atoms in total. The fourth-order valence-corrected chi connectivity index (χ4v) is 2.49. The molecular formula is C19H22N2O3. The van der Waals surface area contributed by atoms with Crippen molar-refractivity contribution >= 4 is 6.03 Å². The van der Waals surface area contributed by atoms with Gasteiger partial charge in [-0.1, -0.05) is 24.1 Å². The highest BCUT2D eigenvalue weighted by Crippen LogP contribution is 2.21. The number of aryl methyl sites for hydroxylation is 2. The lowest BCUT2D eigenvalue weighted by Gasteiger charge is -2.15. The van der Waals surface area contributed by atoms with E-state index < -0.39 is 0 Å². The van der Waals surface area contributed by atoms with E-state index in [2.05, 4.69) is 16.6 Å². The van der Waals surface area contributed by atoms with Gasteiger partial charge in [0.15, 0.2) is 0 Å². The summed E-state index contributed by atoms with van der Waals surface area (Å²) in [5.74, 6) is 4.74. The predicted molar refractivity (Wildman–Crippen MR) is 92.7 cm³/mol. The first kappa shape index (κ1) is 17.5. The van der Waals surface area contributed by atoms with Crippen molar-refractivity contribution in [2.24, 2.45) is 0 Å². The first-order valence-electron chi connectivity index (χ1n) is 7.76. The fraction of sp³-hybridized carbons (Fsp3) is 0.316. The molecule has 2 amide bonds. The van der Waals surface area contributed by atoms with Crippen LogP contribution in [0.2, 0.25) is 0 Å².